The number of hydrogen-bond donors (Lipinski definition) is 1. The number of carbonyl (C=O) groups is 1. The highest BCUT2D eigenvalue weighted by molar-refractivity contribution is 5.85. The van der Waals surface area contributed by atoms with E-state index in [0.717, 1.165) is 0 Å². The van der Waals surface area contributed by atoms with Crippen LogP contribution in [-0.2, 0) is 10.9 Å². The van der Waals surface area contributed by atoms with Crippen LogP contribution < -0.4 is 5.32 Å². The minimum atomic E-state index is -4.69. The zero-order valence-electron chi connectivity index (χ0n) is 11.1. The third-order valence-corrected chi connectivity index (χ3v) is 2.39. The van der Waals surface area contributed by atoms with Crippen molar-refractivity contribution in [3.05, 3.63) is 42.8 Å². The minimum Gasteiger partial charge on any atom is -0.445 e. The summed E-state index contributed by atoms with van der Waals surface area (Å²) < 4.78 is 45.9. The molecule has 1 heterocycles. The summed E-state index contributed by atoms with van der Waals surface area (Å²) in [6, 6.07) is 5.81. The molecule has 0 aliphatic rings. The Hall–Kier alpha value is -2.84. The number of rotatable bonds is 4. The molecule has 116 valence electrons. The first-order chi connectivity index (χ1) is 10.4. The Bertz CT molecular complexity index is 665. The molecule has 0 bridgehead atoms. The average molecular weight is 313 g/mol. The maximum Gasteiger partial charge on any atom is 0.471 e. The Labute approximate surface area is 122 Å². The molecule has 0 fully saturated rings. The summed E-state index contributed by atoms with van der Waals surface area (Å²) in [4.78, 5) is 14.6. The number of halogens is 3. The van der Waals surface area contributed by atoms with Gasteiger partial charge in [-0.15, -0.1) is 0 Å². The number of aromatic nitrogens is 2. The van der Waals surface area contributed by atoms with E-state index in [1.54, 1.807) is 0 Å². The van der Waals surface area contributed by atoms with E-state index in [1.165, 1.54) is 30.3 Å². The highest BCUT2D eigenvalue weighted by Crippen LogP contribution is 2.29. The lowest BCUT2D eigenvalue weighted by Gasteiger charge is -2.05. The standard InChI is InChI=1S/C13H10F3N3O3/c1-2-7-21-12(20)17-9-5-3-8(4-6-9)10-18-11(22-19-10)13(14,15)16/h2-6H,1,7H2,(H,17,20). The smallest absolute Gasteiger partial charge is 0.445 e. The molecule has 0 saturated carbocycles. The number of amides is 1. The molecule has 0 spiro atoms. The Morgan fingerprint density at radius 2 is 2.05 bits per heavy atom. The molecule has 0 aliphatic carbocycles. The van der Waals surface area contributed by atoms with E-state index < -0.39 is 18.2 Å². The van der Waals surface area contributed by atoms with Gasteiger partial charge in [0.15, 0.2) is 0 Å². The van der Waals surface area contributed by atoms with E-state index in [-0.39, 0.29) is 12.4 Å². The molecule has 22 heavy (non-hydrogen) atoms. The highest BCUT2D eigenvalue weighted by atomic mass is 19.4. The van der Waals surface area contributed by atoms with Crippen LogP contribution in [0, 0.1) is 0 Å². The summed E-state index contributed by atoms with van der Waals surface area (Å²) in [5.41, 5.74) is 0.710. The maximum atomic E-state index is 12.4. The fraction of sp³-hybridized carbons (Fsp3) is 0.154. The Kier molecular flexibility index (Phi) is 4.44. The Morgan fingerprint density at radius 1 is 1.36 bits per heavy atom. The molecular formula is C13H10F3N3O3. The van der Waals surface area contributed by atoms with E-state index in [1.807, 2.05) is 0 Å². The molecule has 9 heteroatoms. The number of benzene rings is 1. The molecule has 0 unspecified atom stereocenters. The summed E-state index contributed by atoms with van der Waals surface area (Å²) in [6.07, 6.45) is -3.95. The first-order valence-corrected chi connectivity index (χ1v) is 5.96. The fourth-order valence-electron chi connectivity index (χ4n) is 1.45. The Balaban J connectivity index is 2.07. The molecule has 2 rings (SSSR count). The second-order valence-electron chi connectivity index (χ2n) is 4.01. The highest BCUT2D eigenvalue weighted by Gasteiger charge is 2.38. The van der Waals surface area contributed by atoms with Crippen molar-refractivity contribution in [1.82, 2.24) is 10.1 Å². The molecular weight excluding hydrogens is 303 g/mol. The molecule has 2 aromatic rings. The van der Waals surface area contributed by atoms with Gasteiger partial charge < -0.3 is 9.26 Å². The summed E-state index contributed by atoms with van der Waals surface area (Å²) in [5, 5.41) is 5.69. The van der Waals surface area contributed by atoms with Crippen molar-refractivity contribution in [2.45, 2.75) is 6.18 Å². The summed E-state index contributed by atoms with van der Waals surface area (Å²) in [5.74, 6) is -1.62. The Morgan fingerprint density at radius 3 is 2.59 bits per heavy atom. The molecule has 0 aliphatic heterocycles. The molecule has 1 amide bonds. The van der Waals surface area contributed by atoms with Crippen molar-refractivity contribution in [3.63, 3.8) is 0 Å². The summed E-state index contributed by atoms with van der Waals surface area (Å²) in [7, 11) is 0. The zero-order chi connectivity index (χ0) is 16.2. The SMILES string of the molecule is C=CCOC(=O)Nc1ccc(-c2noc(C(F)(F)F)n2)cc1. The van der Waals surface area contributed by atoms with Crippen LogP contribution in [0.4, 0.5) is 23.7 Å². The lowest BCUT2D eigenvalue weighted by Crippen LogP contribution is -2.13. The van der Waals surface area contributed by atoms with Crippen LogP contribution in [0.5, 0.6) is 0 Å². The molecule has 1 aromatic heterocycles. The van der Waals surface area contributed by atoms with E-state index >= 15 is 0 Å². The molecule has 1 aromatic carbocycles. The number of anilines is 1. The predicted molar refractivity (Wildman–Crippen MR) is 69.9 cm³/mol. The van der Waals surface area contributed by atoms with Gasteiger partial charge in [-0.3, -0.25) is 5.32 Å². The molecule has 6 nitrogen and oxygen atoms in total. The number of nitrogens with one attached hydrogen (secondary N) is 1. The third kappa shape index (κ3) is 3.84. The van der Waals surface area contributed by atoms with E-state index in [4.69, 9.17) is 4.74 Å². The van der Waals surface area contributed by atoms with Gasteiger partial charge in [0.1, 0.15) is 6.61 Å². The number of carbonyl (C=O) groups excluding carboxylic acids is 1. The van der Waals surface area contributed by atoms with Gasteiger partial charge in [0.25, 0.3) is 0 Å². The van der Waals surface area contributed by atoms with Crippen molar-refractivity contribution in [2.24, 2.45) is 0 Å². The van der Waals surface area contributed by atoms with E-state index in [0.29, 0.717) is 11.3 Å². The normalized spacial score (nSPS) is 11.0. The third-order valence-electron chi connectivity index (χ3n) is 2.39. The van der Waals surface area contributed by atoms with Crippen molar-refractivity contribution in [1.29, 1.82) is 0 Å². The largest absolute Gasteiger partial charge is 0.471 e. The fourth-order valence-corrected chi connectivity index (χ4v) is 1.45. The number of alkyl halides is 3. The van der Waals surface area contributed by atoms with Crippen molar-refractivity contribution < 1.29 is 27.2 Å². The van der Waals surface area contributed by atoms with Gasteiger partial charge >= 0.3 is 18.2 Å². The van der Waals surface area contributed by atoms with Gasteiger partial charge in [0.2, 0.25) is 5.82 Å². The van der Waals surface area contributed by atoms with Crippen LogP contribution in [0.3, 0.4) is 0 Å². The monoisotopic (exact) mass is 313 g/mol. The first kappa shape index (κ1) is 15.5. The topological polar surface area (TPSA) is 77.2 Å². The number of hydrogen-bond acceptors (Lipinski definition) is 5. The summed E-state index contributed by atoms with van der Waals surface area (Å²) >= 11 is 0. The molecule has 0 atom stereocenters. The second-order valence-corrected chi connectivity index (χ2v) is 4.01. The van der Waals surface area contributed by atoms with Gasteiger partial charge in [-0.25, -0.2) is 4.79 Å². The van der Waals surface area contributed by atoms with Crippen molar-refractivity contribution in [2.75, 3.05) is 11.9 Å². The van der Waals surface area contributed by atoms with E-state index in [2.05, 4.69) is 26.6 Å². The van der Waals surface area contributed by atoms with Crippen LogP contribution in [0.1, 0.15) is 5.89 Å². The molecule has 1 N–H and O–H groups in total. The number of ether oxygens (including phenoxy) is 1. The zero-order valence-corrected chi connectivity index (χ0v) is 11.1. The van der Waals surface area contributed by atoms with Crippen LogP contribution >= 0.6 is 0 Å². The average Bonchev–Trinajstić information content (AvgIpc) is 2.96. The van der Waals surface area contributed by atoms with Crippen molar-refractivity contribution in [3.8, 4) is 11.4 Å². The summed E-state index contributed by atoms with van der Waals surface area (Å²) in [6.45, 7) is 3.46. The number of nitrogens with zero attached hydrogens (tertiary/aromatic N) is 2. The lowest BCUT2D eigenvalue weighted by atomic mass is 10.2. The minimum absolute atomic E-state index is 0.0625. The second kappa shape index (κ2) is 6.29. The van der Waals surface area contributed by atoms with Crippen LogP contribution in [-0.4, -0.2) is 22.8 Å². The van der Waals surface area contributed by atoms with Crippen LogP contribution in [0.2, 0.25) is 0 Å². The van der Waals surface area contributed by atoms with Gasteiger partial charge in [0.05, 0.1) is 0 Å². The van der Waals surface area contributed by atoms with Gasteiger partial charge in [-0.2, -0.15) is 18.2 Å². The predicted octanol–water partition coefficient (Wildman–Crippen LogP) is 3.49. The molecule has 0 radical (unpaired) electrons. The quantitative estimate of drug-likeness (QED) is 0.874. The van der Waals surface area contributed by atoms with E-state index in [9.17, 15) is 18.0 Å². The first-order valence-electron chi connectivity index (χ1n) is 5.96. The van der Waals surface area contributed by atoms with Gasteiger partial charge in [0, 0.05) is 11.3 Å². The van der Waals surface area contributed by atoms with Crippen LogP contribution in [0.25, 0.3) is 11.4 Å². The van der Waals surface area contributed by atoms with Gasteiger partial charge in [-0.1, -0.05) is 17.8 Å². The van der Waals surface area contributed by atoms with Gasteiger partial charge in [-0.05, 0) is 24.3 Å². The molecule has 0 saturated heterocycles. The van der Waals surface area contributed by atoms with Crippen molar-refractivity contribution >= 4 is 11.8 Å². The maximum absolute atomic E-state index is 12.4. The van der Waals surface area contributed by atoms with Crippen LogP contribution in [0.15, 0.2) is 41.4 Å². The lowest BCUT2D eigenvalue weighted by molar-refractivity contribution is -0.159.